The van der Waals surface area contributed by atoms with Crippen LogP contribution in [0.1, 0.15) is 50.2 Å². The Hall–Kier alpha value is -0.450. The second-order valence-corrected chi connectivity index (χ2v) is 9.10. The topological polar surface area (TPSA) is 28.2 Å². The predicted octanol–water partition coefficient (Wildman–Crippen LogP) is 3.60. The molecule has 1 aromatic rings. The van der Waals surface area contributed by atoms with Crippen LogP contribution in [0.5, 0.6) is 0 Å². The van der Waals surface area contributed by atoms with E-state index in [1.807, 2.05) is 11.3 Å². The Balaban J connectivity index is 2.14. The molecule has 1 fully saturated rings. The van der Waals surface area contributed by atoms with E-state index in [9.17, 15) is 0 Å². The molecule has 1 aliphatic heterocycles. The zero-order valence-corrected chi connectivity index (χ0v) is 15.5. The average molecular weight is 310 g/mol. The fraction of sp³-hybridized carbons (Fsp3) is 0.824. The molecule has 1 aliphatic rings. The first-order valence-electron chi connectivity index (χ1n) is 8.09. The van der Waals surface area contributed by atoms with E-state index in [1.54, 1.807) is 0 Å². The maximum atomic E-state index is 4.74. The number of rotatable bonds is 3. The molecule has 3 nitrogen and oxygen atoms in total. The summed E-state index contributed by atoms with van der Waals surface area (Å²) in [5.41, 5.74) is 1.49. The summed E-state index contributed by atoms with van der Waals surface area (Å²) in [7, 11) is 0. The van der Waals surface area contributed by atoms with Gasteiger partial charge in [0.2, 0.25) is 0 Å². The van der Waals surface area contributed by atoms with Crippen molar-refractivity contribution in [3.8, 4) is 0 Å². The molecule has 120 valence electrons. The third-order valence-electron chi connectivity index (χ3n) is 4.69. The maximum absolute atomic E-state index is 4.74. The SMILES string of the molecule is Cc1nc(CN2CC(C(C)(C)C)NCC2C(C)C)sc1C. The van der Waals surface area contributed by atoms with Crippen LogP contribution in [0.4, 0.5) is 0 Å². The number of piperazine rings is 1. The van der Waals surface area contributed by atoms with E-state index in [2.05, 4.69) is 58.7 Å². The Bertz CT molecular complexity index is 453. The maximum Gasteiger partial charge on any atom is 0.107 e. The number of aryl methyl sites for hydroxylation is 2. The standard InChI is InChI=1S/C17H31N3S/c1-11(2)14-8-18-15(17(5,6)7)9-20(14)10-16-19-12(3)13(4)21-16/h11,14-15,18H,8-10H2,1-7H3. The molecule has 0 saturated carbocycles. The highest BCUT2D eigenvalue weighted by Crippen LogP contribution is 2.28. The molecule has 1 N–H and O–H groups in total. The van der Waals surface area contributed by atoms with Crippen molar-refractivity contribution < 1.29 is 0 Å². The summed E-state index contributed by atoms with van der Waals surface area (Å²) in [5, 5.41) is 5.03. The summed E-state index contributed by atoms with van der Waals surface area (Å²) in [6, 6.07) is 1.16. The van der Waals surface area contributed by atoms with E-state index < -0.39 is 0 Å². The van der Waals surface area contributed by atoms with Crippen LogP contribution in [0, 0.1) is 25.2 Å². The zero-order chi connectivity index (χ0) is 15.8. The molecule has 0 aliphatic carbocycles. The van der Waals surface area contributed by atoms with Gasteiger partial charge < -0.3 is 5.32 Å². The lowest BCUT2D eigenvalue weighted by atomic mass is 9.83. The minimum absolute atomic E-state index is 0.301. The van der Waals surface area contributed by atoms with Gasteiger partial charge in [-0.25, -0.2) is 4.98 Å². The lowest BCUT2D eigenvalue weighted by Crippen LogP contribution is -2.61. The minimum atomic E-state index is 0.301. The quantitative estimate of drug-likeness (QED) is 0.924. The van der Waals surface area contributed by atoms with Crippen molar-refractivity contribution in [2.75, 3.05) is 13.1 Å². The van der Waals surface area contributed by atoms with Crippen LogP contribution in [-0.2, 0) is 6.54 Å². The third kappa shape index (κ3) is 4.05. The molecule has 21 heavy (non-hydrogen) atoms. The first-order valence-corrected chi connectivity index (χ1v) is 8.90. The Kier molecular flexibility index (Phi) is 5.11. The summed E-state index contributed by atoms with van der Waals surface area (Å²) in [5.74, 6) is 0.667. The molecule has 2 rings (SSSR count). The average Bonchev–Trinajstić information content (AvgIpc) is 2.66. The summed E-state index contributed by atoms with van der Waals surface area (Å²) in [4.78, 5) is 8.74. The smallest absolute Gasteiger partial charge is 0.107 e. The van der Waals surface area contributed by atoms with Crippen molar-refractivity contribution in [2.24, 2.45) is 11.3 Å². The third-order valence-corrected chi connectivity index (χ3v) is 5.74. The molecule has 0 aromatic carbocycles. The van der Waals surface area contributed by atoms with Gasteiger partial charge in [0.05, 0.1) is 12.2 Å². The summed E-state index contributed by atoms with van der Waals surface area (Å²) < 4.78 is 0. The monoisotopic (exact) mass is 309 g/mol. The number of aromatic nitrogens is 1. The van der Waals surface area contributed by atoms with E-state index in [0.29, 0.717) is 23.4 Å². The minimum Gasteiger partial charge on any atom is -0.311 e. The van der Waals surface area contributed by atoms with E-state index in [1.165, 1.54) is 15.6 Å². The number of hydrogen-bond donors (Lipinski definition) is 1. The first-order chi connectivity index (χ1) is 9.68. The van der Waals surface area contributed by atoms with Crippen molar-refractivity contribution in [1.29, 1.82) is 0 Å². The molecule has 1 aromatic heterocycles. The highest BCUT2D eigenvalue weighted by molar-refractivity contribution is 7.11. The molecule has 0 spiro atoms. The summed E-state index contributed by atoms with van der Waals surface area (Å²) in [6.45, 7) is 19.1. The van der Waals surface area contributed by atoms with Gasteiger partial charge in [-0.2, -0.15) is 0 Å². The van der Waals surface area contributed by atoms with Crippen LogP contribution >= 0.6 is 11.3 Å². The van der Waals surface area contributed by atoms with Gasteiger partial charge in [0.15, 0.2) is 0 Å². The van der Waals surface area contributed by atoms with Crippen molar-refractivity contribution in [3.63, 3.8) is 0 Å². The van der Waals surface area contributed by atoms with Crippen molar-refractivity contribution in [2.45, 2.75) is 67.1 Å². The van der Waals surface area contributed by atoms with Gasteiger partial charge in [-0.1, -0.05) is 34.6 Å². The summed E-state index contributed by atoms with van der Waals surface area (Å²) in [6.07, 6.45) is 0. The van der Waals surface area contributed by atoms with Crippen molar-refractivity contribution in [1.82, 2.24) is 15.2 Å². The van der Waals surface area contributed by atoms with E-state index in [0.717, 1.165) is 19.6 Å². The van der Waals surface area contributed by atoms with Crippen LogP contribution in [0.2, 0.25) is 0 Å². The van der Waals surface area contributed by atoms with E-state index >= 15 is 0 Å². The fourth-order valence-electron chi connectivity index (χ4n) is 3.03. The summed E-state index contributed by atoms with van der Waals surface area (Å²) >= 11 is 1.86. The molecule has 2 unspecified atom stereocenters. The van der Waals surface area contributed by atoms with Gasteiger partial charge in [0.25, 0.3) is 0 Å². The van der Waals surface area contributed by atoms with Crippen LogP contribution in [0.3, 0.4) is 0 Å². The van der Waals surface area contributed by atoms with Crippen molar-refractivity contribution in [3.05, 3.63) is 15.6 Å². The Labute approximate surface area is 134 Å². The van der Waals surface area contributed by atoms with Gasteiger partial charge in [0, 0.05) is 30.1 Å². The Morgan fingerprint density at radius 2 is 2.00 bits per heavy atom. The van der Waals surface area contributed by atoms with Crippen LogP contribution in [-0.4, -0.2) is 35.1 Å². The highest BCUT2D eigenvalue weighted by Gasteiger charge is 2.35. The predicted molar refractivity (Wildman–Crippen MR) is 91.9 cm³/mol. The normalized spacial score (nSPS) is 24.8. The Morgan fingerprint density at radius 1 is 1.33 bits per heavy atom. The van der Waals surface area contributed by atoms with Crippen molar-refractivity contribution >= 4 is 11.3 Å². The molecular weight excluding hydrogens is 278 g/mol. The Morgan fingerprint density at radius 3 is 2.48 bits per heavy atom. The molecule has 4 heteroatoms. The van der Waals surface area contributed by atoms with Gasteiger partial charge >= 0.3 is 0 Å². The fourth-order valence-corrected chi connectivity index (χ4v) is 3.99. The van der Waals surface area contributed by atoms with Gasteiger partial charge in [-0.15, -0.1) is 11.3 Å². The number of hydrogen-bond acceptors (Lipinski definition) is 4. The molecule has 2 atom stereocenters. The largest absolute Gasteiger partial charge is 0.311 e. The van der Waals surface area contributed by atoms with Crippen LogP contribution < -0.4 is 5.32 Å². The highest BCUT2D eigenvalue weighted by atomic mass is 32.1. The lowest BCUT2D eigenvalue weighted by Gasteiger charge is -2.46. The van der Waals surface area contributed by atoms with Crippen LogP contribution in [0.15, 0.2) is 0 Å². The molecule has 0 bridgehead atoms. The van der Waals surface area contributed by atoms with Gasteiger partial charge in [-0.3, -0.25) is 4.90 Å². The van der Waals surface area contributed by atoms with E-state index in [-0.39, 0.29) is 0 Å². The molecule has 0 amide bonds. The van der Waals surface area contributed by atoms with E-state index in [4.69, 9.17) is 4.98 Å². The van der Waals surface area contributed by atoms with Gasteiger partial charge in [0.1, 0.15) is 5.01 Å². The number of nitrogens with zero attached hydrogens (tertiary/aromatic N) is 2. The zero-order valence-electron chi connectivity index (χ0n) is 14.7. The number of nitrogens with one attached hydrogen (secondary N) is 1. The molecule has 2 heterocycles. The second kappa shape index (κ2) is 6.35. The molecular formula is C17H31N3S. The first kappa shape index (κ1) is 16.9. The molecule has 0 radical (unpaired) electrons. The second-order valence-electron chi connectivity index (χ2n) is 7.82. The molecule has 1 saturated heterocycles. The van der Waals surface area contributed by atoms with Crippen LogP contribution in [0.25, 0.3) is 0 Å². The van der Waals surface area contributed by atoms with Gasteiger partial charge in [-0.05, 0) is 25.2 Å². The number of thiazole rings is 1. The lowest BCUT2D eigenvalue weighted by molar-refractivity contribution is 0.0571.